The summed E-state index contributed by atoms with van der Waals surface area (Å²) in [7, 11) is 0. The molecule has 2 aliphatic heterocycles. The summed E-state index contributed by atoms with van der Waals surface area (Å²) in [4.78, 5) is 30.0. The lowest BCUT2D eigenvalue weighted by atomic mass is 10.1. The third-order valence-electron chi connectivity index (χ3n) is 4.84. The molecule has 6 heteroatoms. The number of anilines is 1. The molecule has 0 unspecified atom stereocenters. The van der Waals surface area contributed by atoms with Gasteiger partial charge in [0.25, 0.3) is 5.91 Å². The molecule has 2 aromatic rings. The van der Waals surface area contributed by atoms with Gasteiger partial charge >= 0.3 is 0 Å². The Morgan fingerprint density at radius 1 is 1.20 bits per heavy atom. The van der Waals surface area contributed by atoms with Crippen molar-refractivity contribution in [1.29, 1.82) is 0 Å². The van der Waals surface area contributed by atoms with Crippen LogP contribution in [0.4, 0.5) is 10.1 Å². The zero-order chi connectivity index (χ0) is 17.6. The van der Waals surface area contributed by atoms with Crippen LogP contribution in [0.2, 0.25) is 0 Å². The lowest BCUT2D eigenvalue weighted by molar-refractivity contribution is -0.121. The minimum absolute atomic E-state index is 0.0247. The second kappa shape index (κ2) is 6.19. The first-order valence-electron chi connectivity index (χ1n) is 8.13. The summed E-state index contributed by atoms with van der Waals surface area (Å²) in [6.07, 6.45) is 2.61. The van der Waals surface area contributed by atoms with E-state index in [1.165, 1.54) is 18.2 Å². The summed E-state index contributed by atoms with van der Waals surface area (Å²) in [6, 6.07) is 13.0. The average molecular weight is 356 g/mol. The first kappa shape index (κ1) is 16.1. The molecule has 2 fully saturated rings. The van der Waals surface area contributed by atoms with E-state index in [9.17, 15) is 14.0 Å². The van der Waals surface area contributed by atoms with Crippen LogP contribution < -0.4 is 4.90 Å². The normalized spacial score (nSPS) is 21.9. The van der Waals surface area contributed by atoms with Gasteiger partial charge in [0.05, 0.1) is 11.7 Å². The van der Waals surface area contributed by atoms with Crippen LogP contribution >= 0.6 is 11.8 Å². The highest BCUT2D eigenvalue weighted by Crippen LogP contribution is 2.39. The van der Waals surface area contributed by atoms with Crippen LogP contribution in [0.15, 0.2) is 53.4 Å². The molecule has 4 rings (SSSR count). The number of piperazine rings is 1. The zero-order valence-electron chi connectivity index (χ0n) is 13.7. The van der Waals surface area contributed by atoms with Gasteiger partial charge in [0, 0.05) is 17.0 Å². The maximum atomic E-state index is 13.4. The first-order chi connectivity index (χ1) is 12.1. The lowest BCUT2D eigenvalue weighted by Gasteiger charge is -2.34. The summed E-state index contributed by atoms with van der Waals surface area (Å²) in [5, 5.41) is 0. The fourth-order valence-corrected chi connectivity index (χ4v) is 4.32. The molecule has 2 bridgehead atoms. The minimum Gasteiger partial charge on any atom is -0.324 e. The van der Waals surface area contributed by atoms with Crippen LogP contribution in [0, 0.1) is 5.82 Å². The van der Waals surface area contributed by atoms with Crippen molar-refractivity contribution in [1.82, 2.24) is 4.90 Å². The summed E-state index contributed by atoms with van der Waals surface area (Å²) in [5.41, 5.74) is 1.20. The van der Waals surface area contributed by atoms with Crippen LogP contribution in [0.5, 0.6) is 0 Å². The minimum atomic E-state index is -0.462. The number of fused-ring (bicyclic) bond motifs is 2. The number of carbonyl (C=O) groups excluding carboxylic acids is 2. The molecule has 2 aromatic carbocycles. The molecule has 0 aliphatic carbocycles. The molecule has 0 aromatic heterocycles. The standard InChI is InChI=1S/C19H17FN2O2S/c1-25-17-8-3-2-7-15(17)22-14-10-16(19(22)24)21(11-14)18(23)12-5-4-6-13(20)9-12/h2-9,14,16H,10-11H2,1H3/t14-,16-/m0/s1. The summed E-state index contributed by atoms with van der Waals surface area (Å²) < 4.78 is 13.4. The Balaban J connectivity index is 1.60. The summed E-state index contributed by atoms with van der Waals surface area (Å²) >= 11 is 1.60. The van der Waals surface area contributed by atoms with E-state index in [2.05, 4.69) is 0 Å². The Hall–Kier alpha value is -2.34. The number of nitrogens with zero attached hydrogens (tertiary/aromatic N) is 2. The number of carbonyl (C=O) groups is 2. The molecular weight excluding hydrogens is 339 g/mol. The molecule has 0 radical (unpaired) electrons. The monoisotopic (exact) mass is 356 g/mol. The van der Waals surface area contributed by atoms with Crippen LogP contribution in [0.3, 0.4) is 0 Å². The van der Waals surface area contributed by atoms with Crippen molar-refractivity contribution < 1.29 is 14.0 Å². The van der Waals surface area contributed by atoms with Gasteiger partial charge in [0.15, 0.2) is 0 Å². The number of benzene rings is 2. The highest BCUT2D eigenvalue weighted by atomic mass is 32.2. The number of hydrogen-bond acceptors (Lipinski definition) is 3. The van der Waals surface area contributed by atoms with Crippen LogP contribution in [-0.2, 0) is 4.79 Å². The SMILES string of the molecule is CSc1ccccc1N1C(=O)[C@@H]2C[C@H]1CN2C(=O)c1cccc(F)c1. The smallest absolute Gasteiger partial charge is 0.254 e. The Bertz CT molecular complexity index is 857. The Kier molecular flexibility index (Phi) is 4.00. The van der Waals surface area contributed by atoms with E-state index in [-0.39, 0.29) is 23.4 Å². The highest BCUT2D eigenvalue weighted by molar-refractivity contribution is 7.98. The molecule has 0 saturated carbocycles. The van der Waals surface area contributed by atoms with E-state index in [4.69, 9.17) is 0 Å². The number of likely N-dealkylation sites (tertiary alicyclic amines) is 1. The molecule has 0 spiro atoms. The third kappa shape index (κ3) is 2.61. The molecule has 4 nitrogen and oxygen atoms in total. The molecule has 2 heterocycles. The number of amides is 2. The van der Waals surface area contributed by atoms with Crippen LogP contribution in [0.25, 0.3) is 0 Å². The molecule has 2 atom stereocenters. The molecular formula is C19H17FN2O2S. The third-order valence-corrected chi connectivity index (χ3v) is 5.63. The highest BCUT2D eigenvalue weighted by Gasteiger charge is 2.52. The van der Waals surface area contributed by atoms with E-state index in [1.807, 2.05) is 35.4 Å². The molecule has 25 heavy (non-hydrogen) atoms. The molecule has 128 valence electrons. The second-order valence-corrected chi connectivity index (χ2v) is 7.10. The van der Waals surface area contributed by atoms with Crippen LogP contribution in [-0.4, -0.2) is 41.6 Å². The fourth-order valence-electron chi connectivity index (χ4n) is 3.73. The van der Waals surface area contributed by atoms with E-state index in [0.29, 0.717) is 13.0 Å². The average Bonchev–Trinajstić information content (AvgIpc) is 3.19. The predicted octanol–water partition coefficient (Wildman–Crippen LogP) is 3.18. The van der Waals surface area contributed by atoms with E-state index < -0.39 is 11.9 Å². The van der Waals surface area contributed by atoms with E-state index in [1.54, 1.807) is 22.7 Å². The maximum absolute atomic E-state index is 13.4. The molecule has 2 aliphatic rings. The van der Waals surface area contributed by atoms with Crippen molar-refractivity contribution in [2.24, 2.45) is 0 Å². The summed E-state index contributed by atoms with van der Waals surface area (Å²) in [6.45, 7) is 0.481. The zero-order valence-corrected chi connectivity index (χ0v) is 14.5. The van der Waals surface area contributed by atoms with Gasteiger partial charge in [0.2, 0.25) is 5.91 Å². The topological polar surface area (TPSA) is 40.6 Å². The second-order valence-electron chi connectivity index (χ2n) is 6.25. The van der Waals surface area contributed by atoms with Crippen molar-refractivity contribution >= 4 is 29.3 Å². The number of thioether (sulfide) groups is 1. The number of para-hydroxylation sites is 1. The number of halogens is 1. The quantitative estimate of drug-likeness (QED) is 0.793. The van der Waals surface area contributed by atoms with Crippen molar-refractivity contribution in [2.45, 2.75) is 23.4 Å². The Morgan fingerprint density at radius 3 is 2.72 bits per heavy atom. The van der Waals surface area contributed by atoms with Crippen molar-refractivity contribution in [3.8, 4) is 0 Å². The lowest BCUT2D eigenvalue weighted by Crippen LogP contribution is -2.52. The summed E-state index contributed by atoms with van der Waals surface area (Å²) in [5.74, 6) is -0.780. The van der Waals surface area contributed by atoms with E-state index >= 15 is 0 Å². The number of rotatable bonds is 3. The van der Waals surface area contributed by atoms with Gasteiger partial charge < -0.3 is 9.80 Å². The van der Waals surface area contributed by atoms with Crippen molar-refractivity contribution in [3.05, 3.63) is 59.9 Å². The van der Waals surface area contributed by atoms with Gasteiger partial charge in [0.1, 0.15) is 11.9 Å². The molecule has 2 saturated heterocycles. The van der Waals surface area contributed by atoms with Gasteiger partial charge in [-0.2, -0.15) is 0 Å². The van der Waals surface area contributed by atoms with Gasteiger partial charge in [-0.05, 0) is 43.0 Å². The van der Waals surface area contributed by atoms with Crippen molar-refractivity contribution in [2.75, 3.05) is 17.7 Å². The largest absolute Gasteiger partial charge is 0.324 e. The van der Waals surface area contributed by atoms with Crippen molar-refractivity contribution in [3.63, 3.8) is 0 Å². The molecule has 2 amide bonds. The maximum Gasteiger partial charge on any atom is 0.254 e. The van der Waals surface area contributed by atoms with E-state index in [0.717, 1.165) is 10.6 Å². The first-order valence-corrected chi connectivity index (χ1v) is 9.35. The predicted molar refractivity (Wildman–Crippen MR) is 95.3 cm³/mol. The van der Waals surface area contributed by atoms with Crippen LogP contribution in [0.1, 0.15) is 16.8 Å². The Morgan fingerprint density at radius 2 is 2.00 bits per heavy atom. The van der Waals surface area contributed by atoms with Gasteiger partial charge in [-0.3, -0.25) is 9.59 Å². The van der Waals surface area contributed by atoms with Gasteiger partial charge in [-0.1, -0.05) is 18.2 Å². The fraction of sp³-hybridized carbons (Fsp3) is 0.263. The number of hydrogen-bond donors (Lipinski definition) is 0. The van der Waals surface area contributed by atoms with Gasteiger partial charge in [-0.25, -0.2) is 4.39 Å². The Labute approximate surface area is 149 Å². The van der Waals surface area contributed by atoms with Gasteiger partial charge in [-0.15, -0.1) is 11.8 Å². The molecule has 0 N–H and O–H groups in total.